The molecule has 154 valence electrons. The summed E-state index contributed by atoms with van der Waals surface area (Å²) in [7, 11) is 5.26. The van der Waals surface area contributed by atoms with Crippen LogP contribution in [0.3, 0.4) is 0 Å². The van der Waals surface area contributed by atoms with E-state index in [1.807, 2.05) is 19.0 Å². The Morgan fingerprint density at radius 1 is 1.21 bits per heavy atom. The lowest BCUT2D eigenvalue weighted by atomic mass is 9.77. The molecule has 28 heavy (non-hydrogen) atoms. The fourth-order valence-corrected chi connectivity index (χ4v) is 4.10. The molecule has 0 radical (unpaired) electrons. The standard InChI is InChI=1S/C18H25N3O4.CH2O2/c1-20(2)15-5-13-9-21(10-14(13)6-16(15)22)17(23)11-4-12(8-19-7-11)18(24)25-3;2-1-3/h4,7-8,13-16,22H,5-6,9-10H2,1-3H3;1H,(H,2,3)/t13-,14+,15-,16-;/m1./s1. The molecule has 1 saturated heterocycles. The first kappa shape index (κ1) is 21.8. The minimum absolute atomic E-state index is 0.122. The van der Waals surface area contributed by atoms with Crippen LogP contribution >= 0.6 is 0 Å². The van der Waals surface area contributed by atoms with E-state index in [1.165, 1.54) is 25.6 Å². The van der Waals surface area contributed by atoms with E-state index in [0.717, 1.165) is 12.8 Å². The lowest BCUT2D eigenvalue weighted by Gasteiger charge is -2.38. The van der Waals surface area contributed by atoms with Gasteiger partial charge in [-0.3, -0.25) is 14.6 Å². The van der Waals surface area contributed by atoms with Crippen molar-refractivity contribution in [2.75, 3.05) is 34.3 Å². The molecule has 2 N–H and O–H groups in total. The highest BCUT2D eigenvalue weighted by atomic mass is 16.5. The van der Waals surface area contributed by atoms with Crippen molar-refractivity contribution in [1.29, 1.82) is 0 Å². The van der Waals surface area contributed by atoms with Gasteiger partial charge >= 0.3 is 5.97 Å². The second-order valence-corrected chi connectivity index (χ2v) is 7.36. The molecular weight excluding hydrogens is 366 g/mol. The van der Waals surface area contributed by atoms with Crippen molar-refractivity contribution in [3.63, 3.8) is 0 Å². The topological polar surface area (TPSA) is 120 Å². The number of fused-ring (bicyclic) bond motifs is 1. The predicted octanol–water partition coefficient (Wildman–Crippen LogP) is 0.342. The van der Waals surface area contributed by atoms with Crippen LogP contribution in [0.1, 0.15) is 33.6 Å². The number of ether oxygens (including phenoxy) is 1. The molecule has 1 aliphatic heterocycles. The van der Waals surface area contributed by atoms with Crippen molar-refractivity contribution in [2.24, 2.45) is 11.8 Å². The molecular formula is C19H27N3O6. The third-order valence-corrected chi connectivity index (χ3v) is 5.47. The van der Waals surface area contributed by atoms with Crippen molar-refractivity contribution in [3.8, 4) is 0 Å². The first-order chi connectivity index (χ1) is 13.3. The number of methoxy groups -OCH3 is 1. The minimum Gasteiger partial charge on any atom is -0.483 e. The van der Waals surface area contributed by atoms with Crippen LogP contribution in [0, 0.1) is 11.8 Å². The van der Waals surface area contributed by atoms with Crippen LogP contribution in [0.4, 0.5) is 0 Å². The summed E-state index contributed by atoms with van der Waals surface area (Å²) < 4.78 is 4.68. The van der Waals surface area contributed by atoms with E-state index >= 15 is 0 Å². The zero-order valence-corrected chi connectivity index (χ0v) is 16.3. The Hall–Kier alpha value is -2.52. The van der Waals surface area contributed by atoms with Gasteiger partial charge in [-0.05, 0) is 44.8 Å². The first-order valence-electron chi connectivity index (χ1n) is 9.07. The quantitative estimate of drug-likeness (QED) is 0.557. The predicted molar refractivity (Wildman–Crippen MR) is 99.9 cm³/mol. The van der Waals surface area contributed by atoms with Gasteiger partial charge in [0.15, 0.2) is 0 Å². The molecule has 1 aliphatic carbocycles. The summed E-state index contributed by atoms with van der Waals surface area (Å²) in [4.78, 5) is 40.7. The van der Waals surface area contributed by atoms with Gasteiger partial charge in [-0.15, -0.1) is 0 Å². The SMILES string of the molecule is COC(=O)c1cncc(C(=O)N2C[C@H]3C[C@@H](N(C)C)[C@H](O)C[C@H]3C2)c1.O=CO. The molecule has 2 aliphatic rings. The number of rotatable bonds is 3. The number of hydrogen-bond donors (Lipinski definition) is 2. The van der Waals surface area contributed by atoms with Gasteiger partial charge in [0.1, 0.15) is 0 Å². The van der Waals surface area contributed by atoms with Crippen LogP contribution < -0.4 is 0 Å². The number of aliphatic hydroxyl groups excluding tert-OH is 1. The van der Waals surface area contributed by atoms with Gasteiger partial charge in [-0.1, -0.05) is 0 Å². The Bertz CT molecular complexity index is 711. The Kier molecular flexibility index (Phi) is 7.47. The zero-order chi connectivity index (χ0) is 20.8. The number of carbonyl (C=O) groups is 3. The van der Waals surface area contributed by atoms with E-state index in [2.05, 4.69) is 14.6 Å². The number of carbonyl (C=O) groups excluding carboxylic acids is 2. The van der Waals surface area contributed by atoms with Crippen molar-refractivity contribution < 1.29 is 29.3 Å². The molecule has 0 spiro atoms. The summed E-state index contributed by atoms with van der Waals surface area (Å²) in [6, 6.07) is 1.67. The number of esters is 1. The Morgan fingerprint density at radius 2 is 1.79 bits per heavy atom. The average molecular weight is 393 g/mol. The van der Waals surface area contributed by atoms with E-state index in [9.17, 15) is 14.7 Å². The van der Waals surface area contributed by atoms with E-state index in [4.69, 9.17) is 9.90 Å². The van der Waals surface area contributed by atoms with Crippen LogP contribution in [-0.2, 0) is 9.53 Å². The van der Waals surface area contributed by atoms with Crippen molar-refractivity contribution in [3.05, 3.63) is 29.6 Å². The Morgan fingerprint density at radius 3 is 2.36 bits per heavy atom. The molecule has 1 amide bonds. The summed E-state index contributed by atoms with van der Waals surface area (Å²) in [5.41, 5.74) is 0.666. The lowest BCUT2D eigenvalue weighted by molar-refractivity contribution is -0.122. The second-order valence-electron chi connectivity index (χ2n) is 7.36. The maximum Gasteiger partial charge on any atom is 0.339 e. The molecule has 1 aromatic rings. The highest BCUT2D eigenvalue weighted by molar-refractivity contribution is 5.97. The highest BCUT2D eigenvalue weighted by Gasteiger charge is 2.43. The summed E-state index contributed by atoms with van der Waals surface area (Å²) in [5, 5.41) is 17.2. The van der Waals surface area contributed by atoms with E-state index < -0.39 is 5.97 Å². The highest BCUT2D eigenvalue weighted by Crippen LogP contribution is 2.38. The zero-order valence-electron chi connectivity index (χ0n) is 16.3. The Balaban J connectivity index is 0.000000878. The van der Waals surface area contributed by atoms with Gasteiger partial charge < -0.3 is 24.7 Å². The molecule has 3 rings (SSSR count). The van der Waals surface area contributed by atoms with Crippen molar-refractivity contribution in [1.82, 2.24) is 14.8 Å². The van der Waals surface area contributed by atoms with E-state index in [0.29, 0.717) is 30.5 Å². The number of likely N-dealkylation sites (tertiary alicyclic amines) is 1. The lowest BCUT2D eigenvalue weighted by Crippen LogP contribution is -2.46. The normalized spacial score (nSPS) is 26.1. The van der Waals surface area contributed by atoms with Crippen LogP contribution in [-0.4, -0.2) is 89.8 Å². The summed E-state index contributed by atoms with van der Waals surface area (Å²) in [6.07, 6.45) is 4.13. The monoisotopic (exact) mass is 393 g/mol. The van der Waals surface area contributed by atoms with Crippen LogP contribution in [0.25, 0.3) is 0 Å². The van der Waals surface area contributed by atoms with Gasteiger partial charge in [-0.2, -0.15) is 0 Å². The molecule has 0 aromatic carbocycles. The second kappa shape index (κ2) is 9.61. The number of aliphatic hydroxyl groups is 1. The van der Waals surface area contributed by atoms with Gasteiger partial charge in [0.05, 0.1) is 24.3 Å². The number of carboxylic acid groups (broad SMARTS) is 1. The number of hydrogen-bond acceptors (Lipinski definition) is 7. The van der Waals surface area contributed by atoms with Crippen LogP contribution in [0.5, 0.6) is 0 Å². The number of likely N-dealkylation sites (N-methyl/N-ethyl adjacent to an activating group) is 1. The van der Waals surface area contributed by atoms with Crippen molar-refractivity contribution >= 4 is 18.3 Å². The largest absolute Gasteiger partial charge is 0.483 e. The van der Waals surface area contributed by atoms with E-state index in [1.54, 1.807) is 0 Å². The number of nitrogens with zero attached hydrogens (tertiary/aromatic N) is 3. The van der Waals surface area contributed by atoms with E-state index in [-0.39, 0.29) is 30.1 Å². The molecule has 1 aromatic heterocycles. The maximum atomic E-state index is 12.8. The fraction of sp³-hybridized carbons (Fsp3) is 0.579. The maximum absolute atomic E-state index is 12.8. The molecule has 2 heterocycles. The van der Waals surface area contributed by atoms with Crippen LogP contribution in [0.2, 0.25) is 0 Å². The molecule has 2 fully saturated rings. The summed E-state index contributed by atoms with van der Waals surface area (Å²) in [6.45, 7) is 1.08. The third kappa shape index (κ3) is 4.85. The smallest absolute Gasteiger partial charge is 0.339 e. The van der Waals surface area contributed by atoms with Gasteiger partial charge in [0, 0.05) is 31.5 Å². The molecule has 9 nitrogen and oxygen atoms in total. The van der Waals surface area contributed by atoms with Gasteiger partial charge in [0.25, 0.3) is 12.4 Å². The molecule has 0 bridgehead atoms. The average Bonchev–Trinajstić information content (AvgIpc) is 3.09. The molecule has 0 unspecified atom stereocenters. The van der Waals surface area contributed by atoms with Gasteiger partial charge in [-0.25, -0.2) is 4.79 Å². The molecule has 9 heteroatoms. The van der Waals surface area contributed by atoms with Crippen molar-refractivity contribution in [2.45, 2.75) is 25.0 Å². The van der Waals surface area contributed by atoms with Gasteiger partial charge in [0.2, 0.25) is 0 Å². The van der Waals surface area contributed by atoms with Crippen LogP contribution in [0.15, 0.2) is 18.5 Å². The third-order valence-electron chi connectivity index (χ3n) is 5.47. The summed E-state index contributed by atoms with van der Waals surface area (Å²) >= 11 is 0. The fourth-order valence-electron chi connectivity index (χ4n) is 4.10. The minimum atomic E-state index is -0.505. The number of pyridine rings is 1. The number of amides is 1. The summed E-state index contributed by atoms with van der Waals surface area (Å²) in [5.74, 6) is 0.0983. The molecule has 1 saturated carbocycles. The molecule has 4 atom stereocenters. The number of aromatic nitrogens is 1. The first-order valence-corrected chi connectivity index (χ1v) is 9.07. The Labute approximate surface area is 163 Å².